The first-order valence-corrected chi connectivity index (χ1v) is 7.21. The van der Waals surface area contributed by atoms with Crippen LogP contribution in [0.25, 0.3) is 10.4 Å². The van der Waals surface area contributed by atoms with Crippen LogP contribution in [0.3, 0.4) is 0 Å². The maximum Gasteiger partial charge on any atom is 0.0495 e. The van der Waals surface area contributed by atoms with E-state index in [4.69, 9.17) is 17.3 Å². The van der Waals surface area contributed by atoms with Crippen molar-refractivity contribution in [2.45, 2.75) is 32.7 Å². The molecule has 0 spiro atoms. The van der Waals surface area contributed by atoms with Gasteiger partial charge in [0, 0.05) is 26.9 Å². The predicted molar refractivity (Wildman–Crippen MR) is 81.4 cm³/mol. The van der Waals surface area contributed by atoms with Crippen molar-refractivity contribution in [3.05, 3.63) is 45.8 Å². The van der Waals surface area contributed by atoms with Crippen LogP contribution in [0.5, 0.6) is 0 Å². The van der Waals surface area contributed by atoms with Gasteiger partial charge >= 0.3 is 0 Å². The zero-order chi connectivity index (χ0) is 13.3. The lowest BCUT2D eigenvalue weighted by molar-refractivity contribution is 0.604. The Balaban J connectivity index is 2.53. The van der Waals surface area contributed by atoms with E-state index >= 15 is 0 Å². The second-order valence-corrected chi connectivity index (χ2v) is 6.88. The number of thiophene rings is 1. The average Bonchev–Trinajstić information content (AvgIpc) is 2.77. The molecule has 0 atom stereocenters. The summed E-state index contributed by atoms with van der Waals surface area (Å²) in [5, 5.41) is 0.778. The van der Waals surface area contributed by atoms with E-state index in [-0.39, 0.29) is 5.41 Å². The molecule has 0 radical (unpaired) electrons. The maximum atomic E-state index is 6.32. The first kappa shape index (κ1) is 13.6. The molecule has 0 aliphatic heterocycles. The van der Waals surface area contributed by atoms with E-state index < -0.39 is 0 Å². The fourth-order valence-electron chi connectivity index (χ4n) is 1.89. The molecule has 2 N–H and O–H groups in total. The van der Waals surface area contributed by atoms with E-state index in [1.54, 1.807) is 11.3 Å². The van der Waals surface area contributed by atoms with Crippen LogP contribution < -0.4 is 5.73 Å². The molecule has 1 aromatic carbocycles. The third-order valence-electron chi connectivity index (χ3n) is 2.91. The molecule has 18 heavy (non-hydrogen) atoms. The van der Waals surface area contributed by atoms with Gasteiger partial charge in [0.1, 0.15) is 0 Å². The van der Waals surface area contributed by atoms with Gasteiger partial charge in [0.2, 0.25) is 0 Å². The van der Waals surface area contributed by atoms with Gasteiger partial charge in [0.15, 0.2) is 0 Å². The molecule has 2 rings (SSSR count). The lowest BCUT2D eigenvalue weighted by atomic mass is 9.95. The summed E-state index contributed by atoms with van der Waals surface area (Å²) in [6.45, 7) is 7.18. The molecule has 0 saturated heterocycles. The fourth-order valence-corrected chi connectivity index (χ4v) is 3.40. The monoisotopic (exact) mass is 279 g/mol. The molecule has 0 saturated carbocycles. The third-order valence-corrected chi connectivity index (χ3v) is 4.75. The molecular formula is C15H18ClNS. The number of rotatable bonds is 2. The lowest BCUT2D eigenvalue weighted by Gasteiger charge is -2.15. The van der Waals surface area contributed by atoms with Gasteiger partial charge < -0.3 is 5.73 Å². The number of nitrogens with two attached hydrogens (primary N) is 1. The zero-order valence-electron chi connectivity index (χ0n) is 11.0. The molecule has 0 amide bonds. The minimum atomic E-state index is 0.174. The first-order valence-electron chi connectivity index (χ1n) is 6.01. The van der Waals surface area contributed by atoms with Crippen LogP contribution in [-0.4, -0.2) is 0 Å². The van der Waals surface area contributed by atoms with Crippen LogP contribution in [0.4, 0.5) is 0 Å². The summed E-state index contributed by atoms with van der Waals surface area (Å²) in [5.41, 5.74) is 8.16. The maximum absolute atomic E-state index is 6.32. The third kappa shape index (κ3) is 2.61. The van der Waals surface area contributed by atoms with Gasteiger partial charge in [-0.25, -0.2) is 0 Å². The standard InChI is InChI=1S/C15H18ClNS/c1-15(2,3)13-8-7-12(18-13)14-10(9-17)5-4-6-11(14)16/h4-8H,9,17H2,1-3H3. The molecular weight excluding hydrogens is 262 g/mol. The van der Waals surface area contributed by atoms with Crippen LogP contribution in [0.1, 0.15) is 31.2 Å². The molecule has 0 bridgehead atoms. The van der Waals surface area contributed by atoms with Crippen molar-refractivity contribution in [1.29, 1.82) is 0 Å². The zero-order valence-corrected chi connectivity index (χ0v) is 12.5. The Morgan fingerprint density at radius 2 is 1.89 bits per heavy atom. The second kappa shape index (κ2) is 5.04. The van der Waals surface area contributed by atoms with Gasteiger partial charge in [-0.1, -0.05) is 44.5 Å². The van der Waals surface area contributed by atoms with Crippen LogP contribution >= 0.6 is 22.9 Å². The summed E-state index contributed by atoms with van der Waals surface area (Å²) >= 11 is 8.11. The highest BCUT2D eigenvalue weighted by Crippen LogP contribution is 2.39. The molecule has 0 unspecified atom stereocenters. The van der Waals surface area contributed by atoms with Gasteiger partial charge in [0.05, 0.1) is 0 Å². The van der Waals surface area contributed by atoms with Crippen molar-refractivity contribution in [3.8, 4) is 10.4 Å². The Labute approximate surface area is 118 Å². The van der Waals surface area contributed by atoms with Crippen molar-refractivity contribution in [3.63, 3.8) is 0 Å². The molecule has 1 heterocycles. The van der Waals surface area contributed by atoms with Gasteiger partial charge in [0.25, 0.3) is 0 Å². The number of halogens is 1. The summed E-state index contributed by atoms with van der Waals surface area (Å²) in [5.74, 6) is 0. The van der Waals surface area contributed by atoms with Gasteiger partial charge in [-0.3, -0.25) is 0 Å². The molecule has 0 fully saturated rings. The topological polar surface area (TPSA) is 26.0 Å². The van der Waals surface area contributed by atoms with Crippen molar-refractivity contribution in [1.82, 2.24) is 0 Å². The lowest BCUT2D eigenvalue weighted by Crippen LogP contribution is -2.07. The molecule has 1 nitrogen and oxygen atoms in total. The highest BCUT2D eigenvalue weighted by molar-refractivity contribution is 7.15. The summed E-state index contributed by atoms with van der Waals surface area (Å²) in [6.07, 6.45) is 0. The SMILES string of the molecule is CC(C)(C)c1ccc(-c2c(Cl)cccc2CN)s1. The fraction of sp³-hybridized carbons (Fsp3) is 0.333. The smallest absolute Gasteiger partial charge is 0.0495 e. The average molecular weight is 280 g/mol. The Bertz CT molecular complexity index is 552. The first-order chi connectivity index (χ1) is 8.43. The van der Waals surface area contributed by atoms with E-state index in [1.807, 2.05) is 18.2 Å². The quantitative estimate of drug-likeness (QED) is 0.838. The Kier molecular flexibility index (Phi) is 3.81. The number of benzene rings is 1. The van der Waals surface area contributed by atoms with E-state index in [2.05, 4.69) is 32.9 Å². The predicted octanol–water partition coefficient (Wildman–Crippen LogP) is 4.82. The molecule has 2 aromatic rings. The van der Waals surface area contributed by atoms with Crippen LogP contribution in [0.15, 0.2) is 30.3 Å². The summed E-state index contributed by atoms with van der Waals surface area (Å²) in [4.78, 5) is 2.56. The van der Waals surface area contributed by atoms with Crippen molar-refractivity contribution in [2.75, 3.05) is 0 Å². The largest absolute Gasteiger partial charge is 0.326 e. The van der Waals surface area contributed by atoms with E-state index in [1.165, 1.54) is 9.75 Å². The molecule has 0 aliphatic carbocycles. The Morgan fingerprint density at radius 1 is 1.17 bits per heavy atom. The van der Waals surface area contributed by atoms with Gasteiger partial charge in [-0.15, -0.1) is 11.3 Å². The molecule has 96 valence electrons. The van der Waals surface area contributed by atoms with Crippen molar-refractivity contribution >= 4 is 22.9 Å². The minimum absolute atomic E-state index is 0.174. The highest BCUT2D eigenvalue weighted by atomic mass is 35.5. The molecule has 3 heteroatoms. The second-order valence-electron chi connectivity index (χ2n) is 5.39. The summed E-state index contributed by atoms with van der Waals surface area (Å²) in [6, 6.07) is 10.2. The number of hydrogen-bond acceptors (Lipinski definition) is 2. The van der Waals surface area contributed by atoms with Gasteiger partial charge in [-0.2, -0.15) is 0 Å². The van der Waals surface area contributed by atoms with E-state index in [0.717, 1.165) is 16.1 Å². The van der Waals surface area contributed by atoms with Crippen LogP contribution in [0.2, 0.25) is 5.02 Å². The summed E-state index contributed by atoms with van der Waals surface area (Å²) < 4.78 is 0. The van der Waals surface area contributed by atoms with E-state index in [0.29, 0.717) is 6.54 Å². The van der Waals surface area contributed by atoms with E-state index in [9.17, 15) is 0 Å². The number of hydrogen-bond donors (Lipinski definition) is 1. The minimum Gasteiger partial charge on any atom is -0.326 e. The van der Waals surface area contributed by atoms with Crippen molar-refractivity contribution in [2.24, 2.45) is 5.73 Å². The molecule has 0 aliphatic rings. The summed E-state index contributed by atoms with van der Waals surface area (Å²) in [7, 11) is 0. The van der Waals surface area contributed by atoms with Crippen molar-refractivity contribution < 1.29 is 0 Å². The van der Waals surface area contributed by atoms with Crippen LogP contribution in [-0.2, 0) is 12.0 Å². The molecule has 1 aromatic heterocycles. The van der Waals surface area contributed by atoms with Gasteiger partial charge in [-0.05, 0) is 29.2 Å². The van der Waals surface area contributed by atoms with Crippen LogP contribution in [0, 0.1) is 0 Å². The Morgan fingerprint density at radius 3 is 2.44 bits per heavy atom. The normalized spacial score (nSPS) is 11.8. The Hall–Kier alpha value is -0.830. The highest BCUT2D eigenvalue weighted by Gasteiger charge is 2.18.